The Hall–Kier alpha value is -1.65. The average Bonchev–Trinajstić information content (AvgIpc) is 2.27. The molecule has 0 saturated carbocycles. The number of nitrogens with two attached hydrogens (primary N) is 1. The van der Waals surface area contributed by atoms with Crippen LogP contribution in [0.3, 0.4) is 0 Å². The van der Waals surface area contributed by atoms with Crippen molar-refractivity contribution in [1.82, 2.24) is 0 Å². The molecule has 0 aliphatic rings. The second-order valence-corrected chi connectivity index (χ2v) is 4.39. The Morgan fingerprint density at radius 3 is 2.39 bits per heavy atom. The molecule has 0 aromatic heterocycles. The standard InChI is InChI=1S/C13H18F2N2O/c1-3-4-8(2)7-18-12-10(14)5-9(13(16)17)6-11(12)15/h5-6,8H,3-4,7H2,1-2H3,(H3,16,17). The van der Waals surface area contributed by atoms with Gasteiger partial charge >= 0.3 is 0 Å². The van der Waals surface area contributed by atoms with Crippen molar-refractivity contribution in [2.75, 3.05) is 6.61 Å². The van der Waals surface area contributed by atoms with Gasteiger partial charge in [-0.15, -0.1) is 0 Å². The number of nitrogens with one attached hydrogen (secondary N) is 1. The molecule has 1 atom stereocenters. The average molecular weight is 256 g/mol. The van der Waals surface area contributed by atoms with E-state index in [0.29, 0.717) is 0 Å². The normalized spacial score (nSPS) is 12.2. The highest BCUT2D eigenvalue weighted by Gasteiger charge is 2.14. The van der Waals surface area contributed by atoms with E-state index in [9.17, 15) is 8.78 Å². The summed E-state index contributed by atoms with van der Waals surface area (Å²) in [6, 6.07) is 2.01. The molecule has 0 radical (unpaired) electrons. The van der Waals surface area contributed by atoms with Gasteiger partial charge in [0.15, 0.2) is 17.4 Å². The number of hydrogen-bond donors (Lipinski definition) is 2. The highest BCUT2D eigenvalue weighted by atomic mass is 19.1. The minimum absolute atomic E-state index is 0.0129. The lowest BCUT2D eigenvalue weighted by atomic mass is 10.1. The molecule has 1 rings (SSSR count). The highest BCUT2D eigenvalue weighted by Crippen LogP contribution is 2.24. The van der Waals surface area contributed by atoms with E-state index in [0.717, 1.165) is 25.0 Å². The van der Waals surface area contributed by atoms with Crippen molar-refractivity contribution in [3.63, 3.8) is 0 Å². The Kier molecular flexibility index (Phi) is 5.07. The molecule has 0 heterocycles. The third kappa shape index (κ3) is 3.68. The molecule has 0 spiro atoms. The lowest BCUT2D eigenvalue weighted by Crippen LogP contribution is -2.14. The predicted molar refractivity (Wildman–Crippen MR) is 66.9 cm³/mol. The summed E-state index contributed by atoms with van der Waals surface area (Å²) in [6.07, 6.45) is 1.94. The summed E-state index contributed by atoms with van der Waals surface area (Å²) in [5.74, 6) is -2.20. The molecule has 1 aromatic rings. The summed E-state index contributed by atoms with van der Waals surface area (Å²) in [7, 11) is 0. The van der Waals surface area contributed by atoms with Crippen LogP contribution in [0.15, 0.2) is 12.1 Å². The zero-order valence-electron chi connectivity index (χ0n) is 10.6. The van der Waals surface area contributed by atoms with Crippen molar-refractivity contribution >= 4 is 5.84 Å². The van der Waals surface area contributed by atoms with E-state index in [-0.39, 0.29) is 23.9 Å². The van der Waals surface area contributed by atoms with Crippen molar-refractivity contribution in [3.05, 3.63) is 29.3 Å². The van der Waals surface area contributed by atoms with Gasteiger partial charge < -0.3 is 10.5 Å². The Morgan fingerprint density at radius 2 is 1.94 bits per heavy atom. The van der Waals surface area contributed by atoms with Crippen LogP contribution >= 0.6 is 0 Å². The first kappa shape index (κ1) is 14.4. The monoisotopic (exact) mass is 256 g/mol. The van der Waals surface area contributed by atoms with Gasteiger partial charge in [0.2, 0.25) is 0 Å². The van der Waals surface area contributed by atoms with Gasteiger partial charge in [0, 0.05) is 5.56 Å². The van der Waals surface area contributed by atoms with Crippen LogP contribution in [-0.2, 0) is 0 Å². The maximum Gasteiger partial charge on any atom is 0.190 e. The van der Waals surface area contributed by atoms with Crippen molar-refractivity contribution in [3.8, 4) is 5.75 Å². The molecule has 1 aromatic carbocycles. The number of hydrogen-bond acceptors (Lipinski definition) is 2. The summed E-state index contributed by atoms with van der Waals surface area (Å²) < 4.78 is 32.3. The summed E-state index contributed by atoms with van der Waals surface area (Å²) in [5.41, 5.74) is 5.19. The molecular formula is C13H18F2N2O. The smallest absolute Gasteiger partial charge is 0.190 e. The van der Waals surface area contributed by atoms with E-state index in [1.165, 1.54) is 0 Å². The quantitative estimate of drug-likeness (QED) is 0.607. The number of rotatable bonds is 6. The van der Waals surface area contributed by atoms with Crippen molar-refractivity contribution < 1.29 is 13.5 Å². The van der Waals surface area contributed by atoms with Gasteiger partial charge in [-0.25, -0.2) is 8.78 Å². The molecule has 5 heteroatoms. The number of ether oxygens (including phenoxy) is 1. The second kappa shape index (κ2) is 6.33. The van der Waals surface area contributed by atoms with Crippen molar-refractivity contribution in [1.29, 1.82) is 5.41 Å². The van der Waals surface area contributed by atoms with E-state index in [4.69, 9.17) is 15.9 Å². The summed E-state index contributed by atoms with van der Waals surface area (Å²) in [5, 5.41) is 7.13. The Labute approximate surface area is 105 Å². The van der Waals surface area contributed by atoms with Gasteiger partial charge in [-0.05, 0) is 24.5 Å². The first-order chi connectivity index (χ1) is 8.45. The van der Waals surface area contributed by atoms with Gasteiger partial charge in [-0.1, -0.05) is 20.3 Å². The highest BCUT2D eigenvalue weighted by molar-refractivity contribution is 5.95. The topological polar surface area (TPSA) is 59.1 Å². The van der Waals surface area contributed by atoms with E-state index in [1.54, 1.807) is 0 Å². The van der Waals surface area contributed by atoms with Crippen LogP contribution in [-0.4, -0.2) is 12.4 Å². The Bertz CT molecular complexity index is 412. The molecular weight excluding hydrogens is 238 g/mol. The molecule has 18 heavy (non-hydrogen) atoms. The maximum absolute atomic E-state index is 13.6. The summed E-state index contributed by atoms with van der Waals surface area (Å²) in [6.45, 7) is 4.27. The molecule has 3 N–H and O–H groups in total. The first-order valence-corrected chi connectivity index (χ1v) is 5.92. The molecule has 0 fully saturated rings. The third-order valence-electron chi connectivity index (χ3n) is 2.60. The van der Waals surface area contributed by atoms with Crippen LogP contribution in [0, 0.1) is 23.0 Å². The van der Waals surface area contributed by atoms with Crippen molar-refractivity contribution in [2.24, 2.45) is 11.7 Å². The number of halogens is 2. The molecule has 100 valence electrons. The van der Waals surface area contributed by atoms with E-state index in [2.05, 4.69) is 0 Å². The molecule has 0 aliphatic heterocycles. The lowest BCUT2D eigenvalue weighted by molar-refractivity contribution is 0.231. The molecule has 3 nitrogen and oxygen atoms in total. The van der Waals surface area contributed by atoms with Crippen molar-refractivity contribution in [2.45, 2.75) is 26.7 Å². The zero-order chi connectivity index (χ0) is 13.7. The molecule has 0 amide bonds. The van der Waals surface area contributed by atoms with Gasteiger partial charge in [0.1, 0.15) is 5.84 Å². The SMILES string of the molecule is CCCC(C)COc1c(F)cc(C(=N)N)cc1F. The van der Waals surface area contributed by atoms with E-state index in [1.807, 2.05) is 13.8 Å². The zero-order valence-corrected chi connectivity index (χ0v) is 10.6. The Balaban J connectivity index is 2.81. The van der Waals surface area contributed by atoms with Crippen LogP contribution in [0.25, 0.3) is 0 Å². The van der Waals surface area contributed by atoms with Gasteiger partial charge in [-0.2, -0.15) is 0 Å². The van der Waals surface area contributed by atoms with E-state index < -0.39 is 17.4 Å². The predicted octanol–water partition coefficient (Wildman–Crippen LogP) is 3.06. The lowest BCUT2D eigenvalue weighted by Gasteiger charge is -2.13. The minimum atomic E-state index is -0.830. The second-order valence-electron chi connectivity index (χ2n) is 4.39. The van der Waals surface area contributed by atoms with Crippen LogP contribution < -0.4 is 10.5 Å². The van der Waals surface area contributed by atoms with Crippen LogP contribution in [0.1, 0.15) is 32.3 Å². The van der Waals surface area contributed by atoms with E-state index >= 15 is 0 Å². The van der Waals surface area contributed by atoms with Crippen LogP contribution in [0.4, 0.5) is 8.78 Å². The fourth-order valence-corrected chi connectivity index (χ4v) is 1.66. The largest absolute Gasteiger partial charge is 0.487 e. The molecule has 0 saturated heterocycles. The van der Waals surface area contributed by atoms with Gasteiger partial charge in [-0.3, -0.25) is 5.41 Å². The maximum atomic E-state index is 13.6. The van der Waals surface area contributed by atoms with Gasteiger partial charge in [0.25, 0.3) is 0 Å². The Morgan fingerprint density at radius 1 is 1.39 bits per heavy atom. The number of amidine groups is 1. The first-order valence-electron chi connectivity index (χ1n) is 5.92. The fourth-order valence-electron chi connectivity index (χ4n) is 1.66. The molecule has 0 aliphatic carbocycles. The number of nitrogen functional groups attached to an aromatic ring is 1. The fraction of sp³-hybridized carbons (Fsp3) is 0.462. The van der Waals surface area contributed by atoms with Crippen LogP contribution in [0.2, 0.25) is 0 Å². The summed E-state index contributed by atoms with van der Waals surface area (Å²) in [4.78, 5) is 0. The molecule has 1 unspecified atom stereocenters. The van der Waals surface area contributed by atoms with Crippen LogP contribution in [0.5, 0.6) is 5.75 Å². The minimum Gasteiger partial charge on any atom is -0.487 e. The summed E-state index contributed by atoms with van der Waals surface area (Å²) >= 11 is 0. The molecule has 0 bridgehead atoms. The third-order valence-corrected chi connectivity index (χ3v) is 2.60. The number of benzene rings is 1. The van der Waals surface area contributed by atoms with Gasteiger partial charge in [0.05, 0.1) is 6.61 Å².